The van der Waals surface area contributed by atoms with Crippen LogP contribution in [-0.2, 0) is 0 Å². The normalized spacial score (nSPS) is 24.1. The van der Waals surface area contributed by atoms with Gasteiger partial charge in [0.25, 0.3) is 0 Å². The number of β-amino-alcohol motifs (C(OH)–C–C–N with tert-alkyl or cyclic N) is 1. The van der Waals surface area contributed by atoms with Gasteiger partial charge in [0.1, 0.15) is 0 Å². The lowest BCUT2D eigenvalue weighted by molar-refractivity contribution is -0.104. The molecule has 15 heavy (non-hydrogen) atoms. The molecule has 88 valence electrons. The van der Waals surface area contributed by atoms with Crippen LogP contribution in [0.15, 0.2) is 11.6 Å². The molecule has 0 aromatic carbocycles. The Bertz CT molecular complexity index is 240. The Morgan fingerprint density at radius 3 is 2.53 bits per heavy atom. The van der Waals surface area contributed by atoms with Gasteiger partial charge in [0.15, 0.2) is 0 Å². The highest BCUT2D eigenvalue weighted by atomic mass is 19.4. The lowest BCUT2D eigenvalue weighted by Crippen LogP contribution is -2.41. The second kappa shape index (κ2) is 4.96. The summed E-state index contributed by atoms with van der Waals surface area (Å²) >= 11 is 0. The number of alkyl halides is 3. The maximum absolute atomic E-state index is 12.4. The molecule has 1 aliphatic heterocycles. The number of hydrogen-bond donors (Lipinski definition) is 2. The molecular weight excluding hydrogens is 211 g/mol. The van der Waals surface area contributed by atoms with Crippen LogP contribution in [0.25, 0.3) is 0 Å². The van der Waals surface area contributed by atoms with Crippen molar-refractivity contribution in [2.45, 2.75) is 6.18 Å². The first-order chi connectivity index (χ1) is 6.99. The number of rotatable bonds is 3. The second-order valence-corrected chi connectivity index (χ2v) is 3.52. The van der Waals surface area contributed by atoms with Crippen LogP contribution in [0.5, 0.6) is 0 Å². The van der Waals surface area contributed by atoms with Gasteiger partial charge in [-0.05, 0) is 0 Å². The standard InChI is InChI=1S/C9H14F3NO2/c10-9(11,12)8-1-2-13(3-4-14)5-7(8)6-15/h1,7,14-15H,2-6H2. The van der Waals surface area contributed by atoms with E-state index in [1.165, 1.54) is 0 Å². The summed E-state index contributed by atoms with van der Waals surface area (Å²) in [7, 11) is 0. The van der Waals surface area contributed by atoms with Gasteiger partial charge >= 0.3 is 6.18 Å². The molecule has 0 radical (unpaired) electrons. The molecule has 0 bridgehead atoms. The summed E-state index contributed by atoms with van der Waals surface area (Å²) in [4.78, 5) is 1.68. The fraction of sp³-hybridized carbons (Fsp3) is 0.778. The van der Waals surface area contributed by atoms with Gasteiger partial charge in [-0.15, -0.1) is 0 Å². The average Bonchev–Trinajstić information content (AvgIpc) is 2.16. The van der Waals surface area contributed by atoms with Gasteiger partial charge in [0.05, 0.1) is 13.2 Å². The predicted molar refractivity (Wildman–Crippen MR) is 48.2 cm³/mol. The molecule has 0 aliphatic carbocycles. The molecule has 0 fully saturated rings. The minimum absolute atomic E-state index is 0.0899. The molecule has 2 N–H and O–H groups in total. The third-order valence-electron chi connectivity index (χ3n) is 2.45. The van der Waals surface area contributed by atoms with Crippen LogP contribution in [0, 0.1) is 5.92 Å². The summed E-state index contributed by atoms with van der Waals surface area (Å²) in [6, 6.07) is 0. The van der Waals surface area contributed by atoms with Crippen molar-refractivity contribution in [1.29, 1.82) is 0 Å². The van der Waals surface area contributed by atoms with Crippen molar-refractivity contribution in [2.75, 3.05) is 32.8 Å². The van der Waals surface area contributed by atoms with Gasteiger partial charge in [-0.3, -0.25) is 4.90 Å². The van der Waals surface area contributed by atoms with Crippen LogP contribution in [-0.4, -0.2) is 54.1 Å². The van der Waals surface area contributed by atoms with Crippen molar-refractivity contribution in [3.63, 3.8) is 0 Å². The first kappa shape index (κ1) is 12.5. The van der Waals surface area contributed by atoms with Crippen LogP contribution >= 0.6 is 0 Å². The SMILES string of the molecule is OCCN1CC=C(C(F)(F)F)C(CO)C1. The molecule has 1 heterocycles. The number of halogens is 3. The predicted octanol–water partition coefficient (Wildman–Crippen LogP) is 0.391. The van der Waals surface area contributed by atoms with Crippen molar-refractivity contribution in [3.05, 3.63) is 11.6 Å². The third-order valence-corrected chi connectivity index (χ3v) is 2.45. The highest BCUT2D eigenvalue weighted by Crippen LogP contribution is 2.33. The van der Waals surface area contributed by atoms with Crippen LogP contribution in [0.4, 0.5) is 13.2 Å². The summed E-state index contributed by atoms with van der Waals surface area (Å²) < 4.78 is 37.3. The molecule has 1 atom stereocenters. The molecule has 0 saturated heterocycles. The molecule has 0 aromatic heterocycles. The Kier molecular flexibility index (Phi) is 4.12. The van der Waals surface area contributed by atoms with Gasteiger partial charge in [-0.2, -0.15) is 13.2 Å². The molecule has 1 aliphatic rings. The molecule has 3 nitrogen and oxygen atoms in total. The topological polar surface area (TPSA) is 43.7 Å². The molecule has 6 heteroatoms. The highest BCUT2D eigenvalue weighted by molar-refractivity contribution is 5.17. The number of aliphatic hydroxyl groups excluding tert-OH is 2. The van der Waals surface area contributed by atoms with E-state index < -0.39 is 24.3 Å². The monoisotopic (exact) mass is 225 g/mol. The summed E-state index contributed by atoms with van der Waals surface area (Å²) in [6.45, 7) is 0.0348. The van der Waals surface area contributed by atoms with E-state index in [9.17, 15) is 13.2 Å². The van der Waals surface area contributed by atoms with Crippen molar-refractivity contribution in [2.24, 2.45) is 5.92 Å². The quantitative estimate of drug-likeness (QED) is 0.683. The highest BCUT2D eigenvalue weighted by Gasteiger charge is 2.40. The van der Waals surface area contributed by atoms with Crippen molar-refractivity contribution < 1.29 is 23.4 Å². The van der Waals surface area contributed by atoms with E-state index in [4.69, 9.17) is 10.2 Å². The zero-order chi connectivity index (χ0) is 11.5. The number of aliphatic hydroxyl groups is 2. The molecule has 0 spiro atoms. The van der Waals surface area contributed by atoms with Crippen molar-refractivity contribution in [3.8, 4) is 0 Å². The van der Waals surface area contributed by atoms with Crippen molar-refractivity contribution >= 4 is 0 Å². The first-order valence-electron chi connectivity index (χ1n) is 4.70. The second-order valence-electron chi connectivity index (χ2n) is 3.52. The van der Waals surface area contributed by atoms with Gasteiger partial charge < -0.3 is 10.2 Å². The Morgan fingerprint density at radius 2 is 2.07 bits per heavy atom. The summed E-state index contributed by atoms with van der Waals surface area (Å²) in [6.07, 6.45) is -3.28. The lowest BCUT2D eigenvalue weighted by Gasteiger charge is -2.32. The van der Waals surface area contributed by atoms with Crippen LogP contribution in [0.1, 0.15) is 0 Å². The first-order valence-corrected chi connectivity index (χ1v) is 4.70. The largest absolute Gasteiger partial charge is 0.412 e. The minimum atomic E-state index is -4.36. The summed E-state index contributed by atoms with van der Waals surface area (Å²) in [5.74, 6) is -0.898. The fourth-order valence-electron chi connectivity index (χ4n) is 1.71. The maximum atomic E-state index is 12.4. The fourth-order valence-corrected chi connectivity index (χ4v) is 1.71. The minimum Gasteiger partial charge on any atom is -0.396 e. The lowest BCUT2D eigenvalue weighted by atomic mass is 9.95. The Morgan fingerprint density at radius 1 is 1.40 bits per heavy atom. The van der Waals surface area contributed by atoms with Gasteiger partial charge in [0.2, 0.25) is 0 Å². The van der Waals surface area contributed by atoms with E-state index in [0.717, 1.165) is 6.08 Å². The van der Waals surface area contributed by atoms with Gasteiger partial charge in [-0.1, -0.05) is 6.08 Å². The van der Waals surface area contributed by atoms with E-state index in [0.29, 0.717) is 6.54 Å². The van der Waals surface area contributed by atoms with Gasteiger partial charge in [-0.25, -0.2) is 0 Å². The van der Waals surface area contributed by atoms with E-state index in [2.05, 4.69) is 0 Å². The Balaban J connectivity index is 2.72. The summed E-state index contributed by atoms with van der Waals surface area (Å²) in [5, 5.41) is 17.5. The smallest absolute Gasteiger partial charge is 0.396 e. The zero-order valence-corrected chi connectivity index (χ0v) is 8.17. The average molecular weight is 225 g/mol. The Hall–Kier alpha value is -0.590. The van der Waals surface area contributed by atoms with E-state index in [1.54, 1.807) is 4.90 Å². The molecular formula is C9H14F3NO2. The Labute approximate surface area is 85.8 Å². The third kappa shape index (κ3) is 3.19. The van der Waals surface area contributed by atoms with Crippen LogP contribution in [0.2, 0.25) is 0 Å². The van der Waals surface area contributed by atoms with E-state index >= 15 is 0 Å². The van der Waals surface area contributed by atoms with Crippen LogP contribution in [0.3, 0.4) is 0 Å². The molecule has 0 aromatic rings. The van der Waals surface area contributed by atoms with Crippen molar-refractivity contribution in [1.82, 2.24) is 4.90 Å². The van der Waals surface area contributed by atoms with Crippen LogP contribution < -0.4 is 0 Å². The summed E-state index contributed by atoms with van der Waals surface area (Å²) in [5.41, 5.74) is -0.654. The van der Waals surface area contributed by atoms with Gasteiger partial charge in [0, 0.05) is 31.1 Å². The zero-order valence-electron chi connectivity index (χ0n) is 8.17. The molecule has 0 saturated carbocycles. The van der Waals surface area contributed by atoms with E-state index in [-0.39, 0.29) is 19.7 Å². The number of hydrogen-bond acceptors (Lipinski definition) is 3. The molecule has 1 unspecified atom stereocenters. The maximum Gasteiger partial charge on any atom is 0.412 e. The van der Waals surface area contributed by atoms with E-state index in [1.807, 2.05) is 0 Å². The number of nitrogens with zero attached hydrogens (tertiary/aromatic N) is 1. The molecule has 0 amide bonds. The molecule has 1 rings (SSSR count).